The van der Waals surface area contributed by atoms with Crippen LogP contribution in [0.1, 0.15) is 18.1 Å². The van der Waals surface area contributed by atoms with E-state index in [1.807, 2.05) is 0 Å². The molecule has 0 aliphatic carbocycles. The SMILES string of the molecule is CCc1ccc(CNc2nc(N)ns2)cc1. The summed E-state index contributed by atoms with van der Waals surface area (Å²) in [5, 5.41) is 3.95. The highest BCUT2D eigenvalue weighted by Gasteiger charge is 1.99. The minimum atomic E-state index is 0.328. The van der Waals surface area contributed by atoms with Crippen molar-refractivity contribution in [2.24, 2.45) is 0 Å². The lowest BCUT2D eigenvalue weighted by Crippen LogP contribution is -1.99. The third-order valence-corrected chi connectivity index (χ3v) is 3.00. The average Bonchev–Trinajstić information content (AvgIpc) is 2.73. The summed E-state index contributed by atoms with van der Waals surface area (Å²) < 4.78 is 3.90. The summed E-state index contributed by atoms with van der Waals surface area (Å²) in [5.41, 5.74) is 8.01. The zero-order chi connectivity index (χ0) is 11.4. The number of hydrogen-bond acceptors (Lipinski definition) is 5. The van der Waals surface area contributed by atoms with E-state index in [9.17, 15) is 0 Å². The number of anilines is 2. The molecule has 0 unspecified atom stereocenters. The van der Waals surface area contributed by atoms with Crippen LogP contribution in [0.3, 0.4) is 0 Å². The van der Waals surface area contributed by atoms with E-state index < -0.39 is 0 Å². The van der Waals surface area contributed by atoms with Crippen LogP contribution in [0.15, 0.2) is 24.3 Å². The molecule has 0 aliphatic heterocycles. The number of nitrogens with zero attached hydrogens (tertiary/aromatic N) is 2. The van der Waals surface area contributed by atoms with Crippen molar-refractivity contribution in [3.8, 4) is 0 Å². The van der Waals surface area contributed by atoms with Gasteiger partial charge in [-0.05, 0) is 17.5 Å². The fourth-order valence-corrected chi connectivity index (χ4v) is 1.87. The Morgan fingerprint density at radius 3 is 2.50 bits per heavy atom. The predicted molar refractivity (Wildman–Crippen MR) is 67.5 cm³/mol. The summed E-state index contributed by atoms with van der Waals surface area (Å²) >= 11 is 1.28. The molecule has 0 aliphatic rings. The molecule has 2 aromatic rings. The number of nitrogen functional groups attached to an aromatic ring is 1. The maximum Gasteiger partial charge on any atom is 0.233 e. The number of benzene rings is 1. The van der Waals surface area contributed by atoms with Gasteiger partial charge in [-0.3, -0.25) is 0 Å². The minimum absolute atomic E-state index is 0.328. The highest BCUT2D eigenvalue weighted by molar-refractivity contribution is 7.09. The zero-order valence-electron chi connectivity index (χ0n) is 9.10. The second-order valence-corrected chi connectivity index (χ2v) is 4.23. The zero-order valence-corrected chi connectivity index (χ0v) is 9.92. The van der Waals surface area contributed by atoms with E-state index in [-0.39, 0.29) is 0 Å². The van der Waals surface area contributed by atoms with Gasteiger partial charge in [-0.15, -0.1) is 0 Å². The van der Waals surface area contributed by atoms with Gasteiger partial charge in [0, 0.05) is 18.1 Å². The standard InChI is InChI=1S/C11H14N4S/c1-2-8-3-5-9(6-4-8)7-13-11-14-10(12)15-16-11/h3-6H,2,7H2,1H3,(H3,12,13,14,15). The van der Waals surface area contributed by atoms with Gasteiger partial charge < -0.3 is 11.1 Å². The van der Waals surface area contributed by atoms with Crippen LogP contribution >= 0.6 is 11.5 Å². The van der Waals surface area contributed by atoms with Gasteiger partial charge in [0.2, 0.25) is 11.1 Å². The van der Waals surface area contributed by atoms with Gasteiger partial charge in [-0.1, -0.05) is 31.2 Å². The van der Waals surface area contributed by atoms with E-state index >= 15 is 0 Å². The highest BCUT2D eigenvalue weighted by atomic mass is 32.1. The first-order valence-corrected chi connectivity index (χ1v) is 5.96. The van der Waals surface area contributed by atoms with E-state index in [1.165, 1.54) is 22.7 Å². The van der Waals surface area contributed by atoms with Crippen molar-refractivity contribution in [3.05, 3.63) is 35.4 Å². The van der Waals surface area contributed by atoms with E-state index in [4.69, 9.17) is 5.73 Å². The van der Waals surface area contributed by atoms with Crippen molar-refractivity contribution >= 4 is 22.6 Å². The van der Waals surface area contributed by atoms with Gasteiger partial charge in [0.1, 0.15) is 0 Å². The molecule has 0 fully saturated rings. The summed E-state index contributed by atoms with van der Waals surface area (Å²) in [6.45, 7) is 2.90. The number of hydrogen-bond donors (Lipinski definition) is 2. The normalized spacial score (nSPS) is 10.3. The molecule has 0 saturated carbocycles. The van der Waals surface area contributed by atoms with E-state index in [0.717, 1.165) is 18.1 Å². The van der Waals surface area contributed by atoms with Crippen molar-refractivity contribution in [1.29, 1.82) is 0 Å². The molecular formula is C11H14N4S. The first-order valence-electron chi connectivity index (χ1n) is 5.19. The van der Waals surface area contributed by atoms with Crippen LogP contribution < -0.4 is 11.1 Å². The second kappa shape index (κ2) is 4.94. The summed E-state index contributed by atoms with van der Waals surface area (Å²) in [6, 6.07) is 8.53. The molecule has 16 heavy (non-hydrogen) atoms. The van der Waals surface area contributed by atoms with Crippen LogP contribution in [-0.4, -0.2) is 9.36 Å². The molecule has 0 spiro atoms. The van der Waals surface area contributed by atoms with Gasteiger partial charge in [0.05, 0.1) is 0 Å². The molecule has 5 heteroatoms. The fourth-order valence-electron chi connectivity index (χ4n) is 1.38. The average molecular weight is 234 g/mol. The third-order valence-electron chi connectivity index (χ3n) is 2.32. The van der Waals surface area contributed by atoms with Crippen LogP contribution in [0.4, 0.5) is 11.1 Å². The quantitative estimate of drug-likeness (QED) is 0.852. The molecule has 0 bridgehead atoms. The molecule has 3 N–H and O–H groups in total. The Balaban J connectivity index is 1.94. The number of aromatic nitrogens is 2. The molecule has 0 amide bonds. The van der Waals surface area contributed by atoms with Gasteiger partial charge in [0.15, 0.2) is 0 Å². The lowest BCUT2D eigenvalue weighted by atomic mass is 10.1. The summed E-state index contributed by atoms with van der Waals surface area (Å²) in [5.74, 6) is 0.328. The molecule has 84 valence electrons. The highest BCUT2D eigenvalue weighted by Crippen LogP contribution is 2.13. The van der Waals surface area contributed by atoms with Crippen LogP contribution in [0.5, 0.6) is 0 Å². The fraction of sp³-hybridized carbons (Fsp3) is 0.273. The van der Waals surface area contributed by atoms with Crippen LogP contribution in [0, 0.1) is 0 Å². The van der Waals surface area contributed by atoms with Crippen LogP contribution in [0.2, 0.25) is 0 Å². The molecule has 1 heterocycles. The smallest absolute Gasteiger partial charge is 0.233 e. The summed E-state index contributed by atoms with van der Waals surface area (Å²) in [6.07, 6.45) is 1.07. The lowest BCUT2D eigenvalue weighted by molar-refractivity contribution is 1.10. The maximum absolute atomic E-state index is 5.43. The summed E-state index contributed by atoms with van der Waals surface area (Å²) in [7, 11) is 0. The van der Waals surface area contributed by atoms with Crippen LogP contribution in [-0.2, 0) is 13.0 Å². The first-order chi connectivity index (χ1) is 7.78. The van der Waals surface area contributed by atoms with Gasteiger partial charge >= 0.3 is 0 Å². The Bertz CT molecular complexity index is 449. The van der Waals surface area contributed by atoms with Crippen molar-refractivity contribution in [2.45, 2.75) is 19.9 Å². The van der Waals surface area contributed by atoms with Crippen molar-refractivity contribution in [1.82, 2.24) is 9.36 Å². The molecular weight excluding hydrogens is 220 g/mol. The Morgan fingerprint density at radius 1 is 1.25 bits per heavy atom. The molecule has 0 atom stereocenters. The molecule has 1 aromatic carbocycles. The van der Waals surface area contributed by atoms with Crippen molar-refractivity contribution < 1.29 is 0 Å². The monoisotopic (exact) mass is 234 g/mol. The van der Waals surface area contributed by atoms with Gasteiger partial charge in [0.25, 0.3) is 0 Å². The number of nitrogens with two attached hydrogens (primary N) is 1. The van der Waals surface area contributed by atoms with Crippen LogP contribution in [0.25, 0.3) is 0 Å². The molecule has 0 radical (unpaired) electrons. The predicted octanol–water partition coefficient (Wildman–Crippen LogP) is 2.29. The second-order valence-electron chi connectivity index (χ2n) is 3.48. The molecule has 1 aromatic heterocycles. The Labute approximate surface area is 98.7 Å². The van der Waals surface area contributed by atoms with Gasteiger partial charge in [-0.2, -0.15) is 9.36 Å². The number of aryl methyl sites for hydroxylation is 1. The molecule has 4 nitrogen and oxygen atoms in total. The largest absolute Gasteiger partial charge is 0.367 e. The Hall–Kier alpha value is -1.62. The maximum atomic E-state index is 5.43. The van der Waals surface area contributed by atoms with Crippen molar-refractivity contribution in [3.63, 3.8) is 0 Å². The topological polar surface area (TPSA) is 63.8 Å². The Kier molecular flexibility index (Phi) is 3.36. The van der Waals surface area contributed by atoms with Gasteiger partial charge in [-0.25, -0.2) is 0 Å². The minimum Gasteiger partial charge on any atom is -0.367 e. The van der Waals surface area contributed by atoms with E-state index in [0.29, 0.717) is 5.95 Å². The number of rotatable bonds is 4. The van der Waals surface area contributed by atoms with Crippen molar-refractivity contribution in [2.75, 3.05) is 11.1 Å². The molecule has 0 saturated heterocycles. The number of nitrogens with one attached hydrogen (secondary N) is 1. The first kappa shape index (κ1) is 10.9. The Morgan fingerprint density at radius 2 is 1.94 bits per heavy atom. The van der Waals surface area contributed by atoms with E-state index in [1.54, 1.807) is 0 Å². The summed E-state index contributed by atoms with van der Waals surface area (Å²) in [4.78, 5) is 4.03. The molecule has 2 rings (SSSR count). The lowest BCUT2D eigenvalue weighted by Gasteiger charge is -2.03. The van der Waals surface area contributed by atoms with E-state index in [2.05, 4.69) is 45.9 Å². The third kappa shape index (κ3) is 2.70.